The molecule has 116 valence electrons. The predicted octanol–water partition coefficient (Wildman–Crippen LogP) is 2.56. The number of carbonyl (C=O) groups is 1. The third-order valence-corrected chi connectivity index (χ3v) is 4.57. The van der Waals surface area contributed by atoms with E-state index in [0.717, 1.165) is 31.6 Å². The van der Waals surface area contributed by atoms with Crippen LogP contribution in [-0.4, -0.2) is 35.4 Å². The number of halogens is 1. The average Bonchev–Trinajstić information content (AvgIpc) is 3.01. The van der Waals surface area contributed by atoms with E-state index < -0.39 is 0 Å². The first-order chi connectivity index (χ1) is 9.84. The van der Waals surface area contributed by atoms with Crippen molar-refractivity contribution >= 4 is 18.3 Å². The Labute approximate surface area is 132 Å². The second kappa shape index (κ2) is 7.76. The van der Waals surface area contributed by atoms with Crippen LogP contribution in [0, 0.1) is 5.92 Å². The summed E-state index contributed by atoms with van der Waals surface area (Å²) in [5, 5.41) is 3.39. The van der Waals surface area contributed by atoms with Crippen molar-refractivity contribution in [2.24, 2.45) is 5.92 Å². The summed E-state index contributed by atoms with van der Waals surface area (Å²) >= 11 is 0. The lowest BCUT2D eigenvalue weighted by Crippen LogP contribution is -2.49. The van der Waals surface area contributed by atoms with E-state index in [2.05, 4.69) is 21.3 Å². The minimum Gasteiger partial charge on any atom is -0.333 e. The van der Waals surface area contributed by atoms with Crippen molar-refractivity contribution in [3.63, 3.8) is 0 Å². The van der Waals surface area contributed by atoms with Crippen molar-refractivity contribution in [3.8, 4) is 0 Å². The summed E-state index contributed by atoms with van der Waals surface area (Å²) in [5.74, 6) is 0.944. The van der Waals surface area contributed by atoms with Crippen LogP contribution in [0.4, 0.5) is 0 Å². The summed E-state index contributed by atoms with van der Waals surface area (Å²) in [7, 11) is 0. The largest absolute Gasteiger partial charge is 0.333 e. The molecule has 1 aliphatic heterocycles. The third-order valence-electron chi connectivity index (χ3n) is 4.57. The zero-order chi connectivity index (χ0) is 13.8. The van der Waals surface area contributed by atoms with E-state index in [4.69, 9.17) is 0 Å². The highest BCUT2D eigenvalue weighted by molar-refractivity contribution is 5.85. The van der Waals surface area contributed by atoms with Crippen LogP contribution in [-0.2, 0) is 4.79 Å². The molecule has 1 N–H and O–H groups in total. The lowest BCUT2D eigenvalue weighted by atomic mass is 10.00. The molecule has 0 radical (unpaired) electrons. The molecule has 1 aromatic rings. The zero-order valence-electron chi connectivity index (χ0n) is 12.3. The Morgan fingerprint density at radius 2 is 2.19 bits per heavy atom. The monoisotopic (exact) mass is 309 g/mol. The molecule has 1 aromatic heterocycles. The van der Waals surface area contributed by atoms with Crippen molar-refractivity contribution in [1.82, 2.24) is 15.2 Å². The van der Waals surface area contributed by atoms with Crippen LogP contribution in [0.3, 0.4) is 0 Å². The van der Waals surface area contributed by atoms with E-state index in [1.165, 1.54) is 25.7 Å². The fourth-order valence-electron chi connectivity index (χ4n) is 3.45. The molecule has 0 aromatic carbocycles. The summed E-state index contributed by atoms with van der Waals surface area (Å²) in [6, 6.07) is 4.16. The Bertz CT molecular complexity index is 448. The van der Waals surface area contributed by atoms with E-state index in [-0.39, 0.29) is 18.4 Å². The Kier molecular flexibility index (Phi) is 6.00. The van der Waals surface area contributed by atoms with Crippen molar-refractivity contribution in [2.45, 2.75) is 38.1 Å². The van der Waals surface area contributed by atoms with Crippen molar-refractivity contribution in [2.75, 3.05) is 19.6 Å². The molecule has 0 bridgehead atoms. The van der Waals surface area contributed by atoms with E-state index >= 15 is 0 Å². The summed E-state index contributed by atoms with van der Waals surface area (Å²) in [6.45, 7) is 2.54. The number of hydrogen-bond donors (Lipinski definition) is 1. The van der Waals surface area contributed by atoms with E-state index in [1.807, 2.05) is 12.3 Å². The van der Waals surface area contributed by atoms with Crippen molar-refractivity contribution in [3.05, 3.63) is 30.1 Å². The molecule has 0 spiro atoms. The molecule has 2 fully saturated rings. The number of nitrogens with zero attached hydrogens (tertiary/aromatic N) is 2. The van der Waals surface area contributed by atoms with Gasteiger partial charge in [-0.25, -0.2) is 0 Å². The zero-order valence-corrected chi connectivity index (χ0v) is 13.1. The molecular formula is C16H24ClN3O. The molecule has 21 heavy (non-hydrogen) atoms. The first-order valence-electron chi connectivity index (χ1n) is 7.74. The van der Waals surface area contributed by atoms with Gasteiger partial charge in [-0.2, -0.15) is 0 Å². The molecule has 4 nitrogen and oxygen atoms in total. The molecule has 1 atom stereocenters. The van der Waals surface area contributed by atoms with Gasteiger partial charge in [0.1, 0.15) is 0 Å². The fraction of sp³-hybridized carbons (Fsp3) is 0.625. The van der Waals surface area contributed by atoms with E-state index in [9.17, 15) is 4.79 Å². The van der Waals surface area contributed by atoms with Crippen molar-refractivity contribution < 1.29 is 4.79 Å². The van der Waals surface area contributed by atoms with Crippen molar-refractivity contribution in [1.29, 1.82) is 0 Å². The molecule has 5 heteroatoms. The van der Waals surface area contributed by atoms with Gasteiger partial charge in [0.25, 0.3) is 0 Å². The van der Waals surface area contributed by atoms with Crippen LogP contribution < -0.4 is 5.32 Å². The number of rotatable bonds is 3. The van der Waals surface area contributed by atoms with Crippen LogP contribution in [0.25, 0.3) is 0 Å². The fourth-order valence-corrected chi connectivity index (χ4v) is 3.45. The number of aromatic nitrogens is 1. The van der Waals surface area contributed by atoms with Gasteiger partial charge in [-0.3, -0.25) is 9.78 Å². The van der Waals surface area contributed by atoms with E-state index in [1.54, 1.807) is 6.20 Å². The molecule has 1 saturated heterocycles. The first kappa shape index (κ1) is 16.2. The maximum absolute atomic E-state index is 12.6. The maximum Gasteiger partial charge on any atom is 0.223 e. The van der Waals surface area contributed by atoms with Gasteiger partial charge < -0.3 is 10.2 Å². The highest BCUT2D eigenvalue weighted by atomic mass is 35.5. The second-order valence-electron chi connectivity index (χ2n) is 5.95. The summed E-state index contributed by atoms with van der Waals surface area (Å²) in [4.78, 5) is 18.9. The molecular weight excluding hydrogens is 286 g/mol. The quantitative estimate of drug-likeness (QED) is 0.933. The Morgan fingerprint density at radius 1 is 1.38 bits per heavy atom. The van der Waals surface area contributed by atoms with Gasteiger partial charge in [0.05, 0.1) is 6.04 Å². The van der Waals surface area contributed by atoms with Gasteiger partial charge in [-0.05, 0) is 30.4 Å². The molecule has 1 unspecified atom stereocenters. The number of hydrogen-bond acceptors (Lipinski definition) is 3. The van der Waals surface area contributed by atoms with Crippen LogP contribution in [0.1, 0.15) is 43.7 Å². The van der Waals surface area contributed by atoms with Gasteiger partial charge >= 0.3 is 0 Å². The molecule has 3 rings (SSSR count). The van der Waals surface area contributed by atoms with Gasteiger partial charge in [0.2, 0.25) is 5.91 Å². The number of piperazine rings is 1. The van der Waals surface area contributed by atoms with Crippen LogP contribution >= 0.6 is 12.4 Å². The van der Waals surface area contributed by atoms with Gasteiger partial charge in [-0.15, -0.1) is 12.4 Å². The molecule has 2 heterocycles. The van der Waals surface area contributed by atoms with Gasteiger partial charge in [0, 0.05) is 38.4 Å². The molecule has 1 saturated carbocycles. The summed E-state index contributed by atoms with van der Waals surface area (Å²) < 4.78 is 0. The number of nitrogens with one attached hydrogen (secondary N) is 1. The SMILES string of the molecule is Cl.O=C(CC1CCCC1)N1CCNCC1c1cccnc1. The lowest BCUT2D eigenvalue weighted by Gasteiger charge is -2.37. The topological polar surface area (TPSA) is 45.2 Å². The highest BCUT2D eigenvalue weighted by Crippen LogP contribution is 2.30. The van der Waals surface area contributed by atoms with Gasteiger partial charge in [-0.1, -0.05) is 18.9 Å². The Balaban J connectivity index is 0.00000161. The number of pyridine rings is 1. The third kappa shape index (κ3) is 3.95. The standard InChI is InChI=1S/C16H23N3O.ClH/c20-16(10-13-4-1-2-5-13)19-9-8-18-12-15(19)14-6-3-7-17-11-14;/h3,6-7,11,13,15,18H,1-2,4-5,8-10,12H2;1H. The molecule has 2 aliphatic rings. The highest BCUT2D eigenvalue weighted by Gasteiger charge is 2.29. The van der Waals surface area contributed by atoms with Crippen LogP contribution in [0.15, 0.2) is 24.5 Å². The summed E-state index contributed by atoms with van der Waals surface area (Å²) in [6.07, 6.45) is 9.45. The lowest BCUT2D eigenvalue weighted by molar-refractivity contribution is -0.135. The second-order valence-corrected chi connectivity index (χ2v) is 5.95. The number of amides is 1. The smallest absolute Gasteiger partial charge is 0.223 e. The van der Waals surface area contributed by atoms with Crippen LogP contribution in [0.5, 0.6) is 0 Å². The number of carbonyl (C=O) groups excluding carboxylic acids is 1. The van der Waals surface area contributed by atoms with Gasteiger partial charge in [0.15, 0.2) is 0 Å². The Morgan fingerprint density at radius 3 is 2.90 bits per heavy atom. The minimum absolute atomic E-state index is 0. The maximum atomic E-state index is 12.6. The normalized spacial score (nSPS) is 22.9. The average molecular weight is 310 g/mol. The predicted molar refractivity (Wildman–Crippen MR) is 85.4 cm³/mol. The summed E-state index contributed by atoms with van der Waals surface area (Å²) in [5.41, 5.74) is 1.14. The van der Waals surface area contributed by atoms with E-state index in [0.29, 0.717) is 11.8 Å². The Hall–Kier alpha value is -1.13. The first-order valence-corrected chi connectivity index (χ1v) is 7.74. The van der Waals surface area contributed by atoms with Crippen LogP contribution in [0.2, 0.25) is 0 Å². The minimum atomic E-state index is 0. The molecule has 1 aliphatic carbocycles. The molecule has 1 amide bonds.